The molecule has 1 atom stereocenters. The number of carbonyl (C=O) groups excluding carboxylic acids is 1. The molecule has 0 N–H and O–H groups in total. The van der Waals surface area contributed by atoms with Crippen LogP contribution in [0.2, 0.25) is 0 Å². The van der Waals surface area contributed by atoms with E-state index in [0.29, 0.717) is 6.61 Å². The van der Waals surface area contributed by atoms with Gasteiger partial charge in [-0.15, -0.1) is 0 Å². The first-order valence-corrected chi connectivity index (χ1v) is 8.22. The Bertz CT molecular complexity index is 739. The van der Waals surface area contributed by atoms with Crippen LogP contribution in [-0.4, -0.2) is 49.5 Å². The molecule has 2 heterocycles. The summed E-state index contributed by atoms with van der Waals surface area (Å²) >= 11 is 0. The highest BCUT2D eigenvalue weighted by Crippen LogP contribution is 2.27. The molecule has 26 heavy (non-hydrogen) atoms. The third-order valence-electron chi connectivity index (χ3n) is 3.81. The number of aromatic nitrogens is 2. The van der Waals surface area contributed by atoms with Crippen LogP contribution in [-0.2, 0) is 9.47 Å². The van der Waals surface area contributed by atoms with Crippen LogP contribution in [0.5, 0.6) is 23.5 Å². The van der Waals surface area contributed by atoms with Gasteiger partial charge < -0.3 is 23.7 Å². The molecule has 1 aliphatic heterocycles. The molecule has 8 heteroatoms. The van der Waals surface area contributed by atoms with Crippen molar-refractivity contribution in [3.8, 4) is 23.5 Å². The quantitative estimate of drug-likeness (QED) is 0.696. The second-order valence-electron chi connectivity index (χ2n) is 5.57. The monoisotopic (exact) mass is 360 g/mol. The lowest BCUT2D eigenvalue weighted by atomic mass is 10.2. The average Bonchev–Trinajstić information content (AvgIpc) is 3.19. The lowest BCUT2D eigenvalue weighted by Gasteiger charge is -2.13. The van der Waals surface area contributed by atoms with Crippen LogP contribution in [0.1, 0.15) is 23.2 Å². The van der Waals surface area contributed by atoms with Crippen molar-refractivity contribution in [2.45, 2.75) is 18.9 Å². The summed E-state index contributed by atoms with van der Waals surface area (Å²) in [5, 5.41) is 0. The molecular formula is C18H20N2O6. The van der Waals surface area contributed by atoms with E-state index in [0.717, 1.165) is 12.8 Å². The Balaban J connectivity index is 1.75. The van der Waals surface area contributed by atoms with Gasteiger partial charge in [0.05, 0.1) is 26.4 Å². The van der Waals surface area contributed by atoms with Crippen molar-refractivity contribution in [1.82, 2.24) is 9.97 Å². The Morgan fingerprint density at radius 1 is 1.19 bits per heavy atom. The van der Waals surface area contributed by atoms with Crippen molar-refractivity contribution in [2.75, 3.05) is 27.4 Å². The van der Waals surface area contributed by atoms with Gasteiger partial charge in [-0.05, 0) is 25.0 Å². The molecule has 1 saturated heterocycles. The molecule has 0 spiro atoms. The SMILES string of the molecule is COc1cc(OC)nc(Oc2ccccc2C(=O)OCC2CCCO2)n1. The second kappa shape index (κ2) is 8.48. The van der Waals surface area contributed by atoms with Gasteiger partial charge in [0, 0.05) is 6.61 Å². The largest absolute Gasteiger partial charge is 0.481 e. The molecular weight excluding hydrogens is 340 g/mol. The van der Waals surface area contributed by atoms with Crippen molar-refractivity contribution in [3.05, 3.63) is 35.9 Å². The van der Waals surface area contributed by atoms with Crippen molar-refractivity contribution < 1.29 is 28.5 Å². The van der Waals surface area contributed by atoms with Crippen molar-refractivity contribution in [3.63, 3.8) is 0 Å². The average molecular weight is 360 g/mol. The second-order valence-corrected chi connectivity index (χ2v) is 5.57. The number of benzene rings is 1. The van der Waals surface area contributed by atoms with E-state index >= 15 is 0 Å². The van der Waals surface area contributed by atoms with Crippen LogP contribution in [0.4, 0.5) is 0 Å². The van der Waals surface area contributed by atoms with Gasteiger partial charge in [-0.25, -0.2) is 4.79 Å². The zero-order valence-corrected chi connectivity index (χ0v) is 14.6. The van der Waals surface area contributed by atoms with E-state index in [9.17, 15) is 4.79 Å². The van der Waals surface area contributed by atoms with Gasteiger partial charge in [0.1, 0.15) is 17.9 Å². The molecule has 1 aromatic carbocycles. The molecule has 1 aliphatic rings. The van der Waals surface area contributed by atoms with E-state index in [-0.39, 0.29) is 41.8 Å². The minimum Gasteiger partial charge on any atom is -0.481 e. The number of esters is 1. The number of carbonyl (C=O) groups is 1. The molecule has 138 valence electrons. The molecule has 0 bridgehead atoms. The molecule has 1 unspecified atom stereocenters. The Kier molecular flexibility index (Phi) is 5.85. The molecule has 0 radical (unpaired) electrons. The standard InChI is InChI=1S/C18H20N2O6/c1-22-15-10-16(23-2)20-18(19-15)26-14-8-4-3-7-13(14)17(21)25-11-12-6-5-9-24-12/h3-4,7-8,10,12H,5-6,9,11H2,1-2H3. The lowest BCUT2D eigenvalue weighted by Crippen LogP contribution is -2.18. The third-order valence-corrected chi connectivity index (χ3v) is 3.81. The van der Waals surface area contributed by atoms with Gasteiger partial charge in [-0.3, -0.25) is 0 Å². The fourth-order valence-corrected chi connectivity index (χ4v) is 2.48. The summed E-state index contributed by atoms with van der Waals surface area (Å²) in [7, 11) is 2.95. The highest BCUT2D eigenvalue weighted by atomic mass is 16.6. The summed E-state index contributed by atoms with van der Waals surface area (Å²) in [6, 6.07) is 8.24. The maximum atomic E-state index is 12.4. The van der Waals surface area contributed by atoms with Crippen LogP contribution in [0, 0.1) is 0 Å². The Labute approximate surface area is 151 Å². The highest BCUT2D eigenvalue weighted by Gasteiger charge is 2.20. The van der Waals surface area contributed by atoms with Gasteiger partial charge >= 0.3 is 12.0 Å². The van der Waals surface area contributed by atoms with Gasteiger partial charge in [-0.2, -0.15) is 9.97 Å². The molecule has 3 rings (SSSR count). The topological polar surface area (TPSA) is 89.0 Å². The first-order chi connectivity index (χ1) is 12.7. The Morgan fingerprint density at radius 3 is 2.58 bits per heavy atom. The minimum absolute atomic E-state index is 0.000534. The number of para-hydroxylation sites is 1. The molecule has 0 amide bonds. The minimum atomic E-state index is -0.494. The molecule has 0 aliphatic carbocycles. The van der Waals surface area contributed by atoms with Crippen LogP contribution >= 0.6 is 0 Å². The van der Waals surface area contributed by atoms with Crippen molar-refractivity contribution in [1.29, 1.82) is 0 Å². The lowest BCUT2D eigenvalue weighted by molar-refractivity contribution is 0.0159. The van der Waals surface area contributed by atoms with Crippen molar-refractivity contribution >= 4 is 5.97 Å². The third kappa shape index (κ3) is 4.40. The van der Waals surface area contributed by atoms with Gasteiger partial charge in [0.25, 0.3) is 0 Å². The fraction of sp³-hybridized carbons (Fsp3) is 0.389. The number of rotatable bonds is 7. The predicted molar refractivity (Wildman–Crippen MR) is 90.9 cm³/mol. The summed E-state index contributed by atoms with van der Waals surface area (Å²) < 4.78 is 26.7. The molecule has 0 saturated carbocycles. The molecule has 2 aromatic rings. The molecule has 1 fully saturated rings. The number of hydrogen-bond donors (Lipinski definition) is 0. The maximum Gasteiger partial charge on any atom is 0.342 e. The normalized spacial score (nSPS) is 16.2. The van der Waals surface area contributed by atoms with E-state index in [1.54, 1.807) is 24.3 Å². The number of hydrogen-bond acceptors (Lipinski definition) is 8. The Hall–Kier alpha value is -2.87. The van der Waals surface area contributed by atoms with Crippen molar-refractivity contribution in [2.24, 2.45) is 0 Å². The summed E-state index contributed by atoms with van der Waals surface area (Å²) in [5.41, 5.74) is 0.274. The zero-order valence-electron chi connectivity index (χ0n) is 14.6. The number of methoxy groups -OCH3 is 2. The van der Waals surface area contributed by atoms with Gasteiger partial charge in [-0.1, -0.05) is 12.1 Å². The van der Waals surface area contributed by atoms with E-state index in [1.165, 1.54) is 20.3 Å². The van der Waals surface area contributed by atoms with Crippen LogP contribution < -0.4 is 14.2 Å². The first kappa shape index (κ1) is 17.9. The predicted octanol–water partition coefficient (Wildman–Crippen LogP) is 2.62. The van der Waals surface area contributed by atoms with Crippen LogP contribution in [0.3, 0.4) is 0 Å². The number of nitrogens with zero attached hydrogens (tertiary/aromatic N) is 2. The van der Waals surface area contributed by atoms with E-state index in [1.807, 2.05) is 0 Å². The van der Waals surface area contributed by atoms with E-state index in [4.69, 9.17) is 23.7 Å². The van der Waals surface area contributed by atoms with Gasteiger partial charge in [0.2, 0.25) is 11.8 Å². The maximum absolute atomic E-state index is 12.4. The molecule has 8 nitrogen and oxygen atoms in total. The van der Waals surface area contributed by atoms with Crippen LogP contribution in [0.25, 0.3) is 0 Å². The zero-order chi connectivity index (χ0) is 18.4. The number of ether oxygens (including phenoxy) is 5. The Morgan fingerprint density at radius 2 is 1.92 bits per heavy atom. The summed E-state index contributed by atoms with van der Waals surface area (Å²) in [4.78, 5) is 20.6. The first-order valence-electron chi connectivity index (χ1n) is 8.22. The van der Waals surface area contributed by atoms with E-state index < -0.39 is 5.97 Å². The molecule has 1 aromatic heterocycles. The summed E-state index contributed by atoms with van der Waals surface area (Å²) in [6.45, 7) is 0.924. The summed E-state index contributed by atoms with van der Waals surface area (Å²) in [6.07, 6.45) is 1.83. The summed E-state index contributed by atoms with van der Waals surface area (Å²) in [5.74, 6) is 0.349. The van der Waals surface area contributed by atoms with Gasteiger partial charge in [0.15, 0.2) is 0 Å². The van der Waals surface area contributed by atoms with E-state index in [2.05, 4.69) is 9.97 Å². The highest BCUT2D eigenvalue weighted by molar-refractivity contribution is 5.92. The van der Waals surface area contributed by atoms with Crippen LogP contribution in [0.15, 0.2) is 30.3 Å². The fourth-order valence-electron chi connectivity index (χ4n) is 2.48. The smallest absolute Gasteiger partial charge is 0.342 e.